The number of likely N-dealkylation sites (N-methyl/N-ethyl adjacent to an activating group) is 1. The fourth-order valence-corrected chi connectivity index (χ4v) is 2.76. The fourth-order valence-electron chi connectivity index (χ4n) is 2.76. The standard InChI is InChI=1S/C15H18N2O3/c1-14(2,3)20-13(19)17-9-15(17)10-7-5-6-8-11(10)16(4)12(15)18/h5-8H,9H2,1-4H3. The van der Waals surface area contributed by atoms with E-state index in [1.807, 2.05) is 45.0 Å². The molecule has 1 unspecified atom stereocenters. The highest BCUT2D eigenvalue weighted by Crippen LogP contribution is 2.53. The van der Waals surface area contributed by atoms with Gasteiger partial charge >= 0.3 is 6.09 Å². The minimum absolute atomic E-state index is 0.0652. The molecule has 1 spiro atoms. The first-order valence-electron chi connectivity index (χ1n) is 6.66. The molecule has 0 aromatic heterocycles. The second kappa shape index (κ2) is 3.75. The summed E-state index contributed by atoms with van der Waals surface area (Å²) in [5.74, 6) is -0.0652. The zero-order chi connectivity index (χ0) is 14.7. The number of rotatable bonds is 0. The van der Waals surface area contributed by atoms with Gasteiger partial charge < -0.3 is 9.64 Å². The van der Waals surface area contributed by atoms with Crippen molar-refractivity contribution in [2.45, 2.75) is 31.9 Å². The van der Waals surface area contributed by atoms with Crippen molar-refractivity contribution in [3.63, 3.8) is 0 Å². The summed E-state index contributed by atoms with van der Waals surface area (Å²) in [5.41, 5.74) is 0.351. The Kier molecular flexibility index (Phi) is 2.43. The highest BCUT2D eigenvalue weighted by Gasteiger charge is 2.68. The lowest BCUT2D eigenvalue weighted by Gasteiger charge is -2.21. The molecule has 2 aliphatic heterocycles. The van der Waals surface area contributed by atoms with Crippen LogP contribution in [0.1, 0.15) is 26.3 Å². The van der Waals surface area contributed by atoms with Gasteiger partial charge in [0.1, 0.15) is 5.60 Å². The van der Waals surface area contributed by atoms with Crippen LogP contribution in [0, 0.1) is 0 Å². The van der Waals surface area contributed by atoms with E-state index in [0.29, 0.717) is 6.54 Å². The van der Waals surface area contributed by atoms with Crippen molar-refractivity contribution in [3.05, 3.63) is 29.8 Å². The van der Waals surface area contributed by atoms with Gasteiger partial charge in [-0.05, 0) is 26.8 Å². The van der Waals surface area contributed by atoms with Gasteiger partial charge in [-0.25, -0.2) is 4.79 Å². The molecule has 1 fully saturated rings. The average Bonchev–Trinajstić information content (AvgIpc) is 3.07. The normalized spacial score (nSPS) is 24.1. The molecule has 0 bridgehead atoms. The topological polar surface area (TPSA) is 49.6 Å². The van der Waals surface area contributed by atoms with Gasteiger partial charge in [-0.15, -0.1) is 0 Å². The van der Waals surface area contributed by atoms with E-state index in [9.17, 15) is 9.59 Å². The Labute approximate surface area is 118 Å². The fraction of sp³-hybridized carbons (Fsp3) is 0.467. The molecule has 20 heavy (non-hydrogen) atoms. The van der Waals surface area contributed by atoms with Crippen molar-refractivity contribution in [1.82, 2.24) is 4.90 Å². The summed E-state index contributed by atoms with van der Waals surface area (Å²) in [6.07, 6.45) is -0.434. The SMILES string of the molecule is CN1C(=O)C2(CN2C(=O)OC(C)(C)C)c2ccccc21. The number of ether oxygens (including phenoxy) is 1. The maximum Gasteiger partial charge on any atom is 0.411 e. The summed E-state index contributed by atoms with van der Waals surface area (Å²) in [6.45, 7) is 5.84. The van der Waals surface area contributed by atoms with Gasteiger partial charge in [0.25, 0.3) is 5.91 Å². The van der Waals surface area contributed by atoms with Crippen LogP contribution < -0.4 is 4.90 Å². The number of carbonyl (C=O) groups is 2. The van der Waals surface area contributed by atoms with Crippen LogP contribution in [-0.4, -0.2) is 36.1 Å². The van der Waals surface area contributed by atoms with Crippen LogP contribution in [0.2, 0.25) is 0 Å². The molecule has 5 nitrogen and oxygen atoms in total. The molecule has 1 aromatic rings. The Bertz CT molecular complexity index is 605. The summed E-state index contributed by atoms with van der Waals surface area (Å²) < 4.78 is 5.36. The van der Waals surface area contributed by atoms with Crippen molar-refractivity contribution in [1.29, 1.82) is 0 Å². The van der Waals surface area contributed by atoms with Gasteiger partial charge in [-0.3, -0.25) is 9.69 Å². The zero-order valence-electron chi connectivity index (χ0n) is 12.1. The lowest BCUT2D eigenvalue weighted by Crippen LogP contribution is -2.36. The van der Waals surface area contributed by atoms with Gasteiger partial charge in [0, 0.05) is 18.3 Å². The monoisotopic (exact) mass is 274 g/mol. The van der Waals surface area contributed by atoms with Gasteiger partial charge in [0.05, 0.1) is 6.54 Å². The van der Waals surface area contributed by atoms with E-state index in [1.54, 1.807) is 11.9 Å². The number of benzene rings is 1. The third-order valence-electron chi connectivity index (χ3n) is 3.73. The van der Waals surface area contributed by atoms with Crippen LogP contribution in [0.4, 0.5) is 10.5 Å². The molecule has 1 saturated heterocycles. The maximum absolute atomic E-state index is 12.5. The summed E-state index contributed by atoms with van der Waals surface area (Å²) in [5, 5.41) is 0. The minimum Gasteiger partial charge on any atom is -0.444 e. The number of anilines is 1. The second-order valence-corrected chi connectivity index (χ2v) is 6.31. The van der Waals surface area contributed by atoms with E-state index in [4.69, 9.17) is 4.74 Å². The van der Waals surface area contributed by atoms with Crippen LogP contribution in [0.15, 0.2) is 24.3 Å². The average molecular weight is 274 g/mol. The summed E-state index contributed by atoms with van der Waals surface area (Å²) >= 11 is 0. The van der Waals surface area contributed by atoms with Crippen LogP contribution in [0.5, 0.6) is 0 Å². The number of amides is 2. The van der Waals surface area contributed by atoms with Crippen molar-refractivity contribution in [3.8, 4) is 0 Å². The number of carbonyl (C=O) groups excluding carboxylic acids is 2. The van der Waals surface area contributed by atoms with Crippen LogP contribution in [-0.2, 0) is 15.1 Å². The molecule has 0 saturated carbocycles. The lowest BCUT2D eigenvalue weighted by atomic mass is 10.0. The van der Waals surface area contributed by atoms with E-state index < -0.39 is 17.2 Å². The quantitative estimate of drug-likeness (QED) is 0.681. The molecule has 3 rings (SSSR count). The summed E-state index contributed by atoms with van der Waals surface area (Å²) in [7, 11) is 1.74. The van der Waals surface area contributed by atoms with Crippen molar-refractivity contribution in [2.75, 3.05) is 18.5 Å². The number of hydrogen-bond donors (Lipinski definition) is 0. The van der Waals surface area contributed by atoms with E-state index >= 15 is 0 Å². The van der Waals surface area contributed by atoms with Crippen LogP contribution in [0.3, 0.4) is 0 Å². The highest BCUT2D eigenvalue weighted by atomic mass is 16.6. The van der Waals surface area contributed by atoms with Crippen molar-refractivity contribution < 1.29 is 14.3 Å². The number of para-hydroxylation sites is 1. The van der Waals surface area contributed by atoms with Gasteiger partial charge in [-0.1, -0.05) is 18.2 Å². The Morgan fingerprint density at radius 3 is 2.60 bits per heavy atom. The summed E-state index contributed by atoms with van der Waals surface area (Å²) in [6, 6.07) is 7.58. The molecule has 0 N–H and O–H groups in total. The van der Waals surface area contributed by atoms with Gasteiger partial charge in [0.2, 0.25) is 0 Å². The Hall–Kier alpha value is -2.04. The molecular weight excluding hydrogens is 256 g/mol. The predicted molar refractivity (Wildman–Crippen MR) is 74.5 cm³/mol. The Balaban J connectivity index is 1.93. The van der Waals surface area contributed by atoms with Crippen molar-refractivity contribution >= 4 is 17.7 Å². The molecule has 2 heterocycles. The number of nitrogens with zero attached hydrogens (tertiary/aromatic N) is 2. The molecule has 0 radical (unpaired) electrons. The minimum atomic E-state index is -0.840. The third kappa shape index (κ3) is 1.62. The lowest BCUT2D eigenvalue weighted by molar-refractivity contribution is -0.121. The molecule has 5 heteroatoms. The molecular formula is C15H18N2O3. The summed E-state index contributed by atoms with van der Waals surface area (Å²) in [4.78, 5) is 27.8. The first-order valence-corrected chi connectivity index (χ1v) is 6.66. The Morgan fingerprint density at radius 2 is 1.95 bits per heavy atom. The third-order valence-corrected chi connectivity index (χ3v) is 3.73. The first kappa shape index (κ1) is 13.0. The van der Waals surface area contributed by atoms with Gasteiger partial charge in [-0.2, -0.15) is 0 Å². The highest BCUT2D eigenvalue weighted by molar-refractivity contribution is 6.11. The van der Waals surface area contributed by atoms with Crippen LogP contribution >= 0.6 is 0 Å². The molecule has 1 aromatic carbocycles. The van der Waals surface area contributed by atoms with Crippen LogP contribution in [0.25, 0.3) is 0 Å². The van der Waals surface area contributed by atoms with Crippen molar-refractivity contribution in [2.24, 2.45) is 0 Å². The molecule has 0 aliphatic carbocycles. The maximum atomic E-state index is 12.5. The molecule has 1 atom stereocenters. The van der Waals surface area contributed by atoms with E-state index in [-0.39, 0.29) is 5.91 Å². The van der Waals surface area contributed by atoms with Gasteiger partial charge in [0.15, 0.2) is 5.54 Å². The smallest absolute Gasteiger partial charge is 0.411 e. The number of fused-ring (bicyclic) bond motifs is 2. The number of hydrogen-bond acceptors (Lipinski definition) is 3. The van der Waals surface area contributed by atoms with E-state index in [0.717, 1.165) is 11.3 Å². The predicted octanol–water partition coefficient (Wildman–Crippen LogP) is 2.11. The van der Waals surface area contributed by atoms with E-state index in [2.05, 4.69) is 0 Å². The largest absolute Gasteiger partial charge is 0.444 e. The molecule has 2 amide bonds. The van der Waals surface area contributed by atoms with E-state index in [1.165, 1.54) is 4.90 Å². The first-order chi connectivity index (χ1) is 9.27. The molecule has 106 valence electrons. The zero-order valence-corrected chi connectivity index (χ0v) is 12.1. The Morgan fingerprint density at radius 1 is 1.30 bits per heavy atom. The molecule has 2 aliphatic rings. The second-order valence-electron chi connectivity index (χ2n) is 6.31.